The van der Waals surface area contributed by atoms with Crippen LogP contribution in [-0.4, -0.2) is 27.9 Å². The van der Waals surface area contributed by atoms with Gasteiger partial charge >= 0.3 is 0 Å². The first-order valence-corrected chi connectivity index (χ1v) is 13.5. The summed E-state index contributed by atoms with van der Waals surface area (Å²) in [6.45, 7) is 0.118. The molecule has 0 atom stereocenters. The van der Waals surface area contributed by atoms with E-state index < -0.39 is 4.92 Å². The third-order valence-electron chi connectivity index (χ3n) is 6.83. The van der Waals surface area contributed by atoms with E-state index in [9.17, 15) is 14.9 Å². The van der Waals surface area contributed by atoms with Gasteiger partial charge in [-0.25, -0.2) is 4.98 Å². The Kier molecular flexibility index (Phi) is 8.02. The Labute approximate surface area is 233 Å². The van der Waals surface area contributed by atoms with E-state index in [1.165, 1.54) is 30.3 Å². The van der Waals surface area contributed by atoms with Crippen LogP contribution in [0.3, 0.4) is 0 Å². The second-order valence-electron chi connectivity index (χ2n) is 9.43. The molecule has 1 heterocycles. The van der Waals surface area contributed by atoms with E-state index in [0.717, 1.165) is 25.7 Å². The maximum atomic E-state index is 13.5. The lowest BCUT2D eigenvalue weighted by molar-refractivity contribution is -0.384. The Balaban J connectivity index is 1.46. The third kappa shape index (κ3) is 5.85. The van der Waals surface area contributed by atoms with Crippen LogP contribution >= 0.6 is 15.9 Å². The third-order valence-corrected chi connectivity index (χ3v) is 7.42. The van der Waals surface area contributed by atoms with E-state index in [4.69, 9.17) is 14.5 Å². The molecule has 10 heteroatoms. The van der Waals surface area contributed by atoms with Gasteiger partial charge < -0.3 is 9.47 Å². The van der Waals surface area contributed by atoms with Gasteiger partial charge in [-0.15, -0.1) is 0 Å². The highest BCUT2D eigenvalue weighted by Gasteiger charge is 2.22. The van der Waals surface area contributed by atoms with Gasteiger partial charge in [-0.05, 0) is 64.2 Å². The summed E-state index contributed by atoms with van der Waals surface area (Å²) in [5.74, 6) is 1.78. The van der Waals surface area contributed by atoms with Gasteiger partial charge in [0.25, 0.3) is 11.2 Å². The van der Waals surface area contributed by atoms with Gasteiger partial charge in [0.1, 0.15) is 12.4 Å². The van der Waals surface area contributed by atoms with Crippen molar-refractivity contribution in [2.24, 2.45) is 5.10 Å². The molecule has 0 N–H and O–H groups in total. The average molecular weight is 591 g/mol. The molecule has 0 aliphatic heterocycles. The van der Waals surface area contributed by atoms with Gasteiger partial charge in [-0.2, -0.15) is 9.78 Å². The smallest absolute Gasteiger partial charge is 0.282 e. The number of nitro groups is 1. The lowest BCUT2D eigenvalue weighted by Gasteiger charge is -2.22. The molecular formula is C29H27BrN4O5. The Morgan fingerprint density at radius 1 is 1.13 bits per heavy atom. The first-order chi connectivity index (χ1) is 18.9. The average Bonchev–Trinajstić information content (AvgIpc) is 2.96. The van der Waals surface area contributed by atoms with Crippen molar-refractivity contribution in [3.8, 4) is 11.5 Å². The number of fused-ring (bicyclic) bond motifs is 1. The van der Waals surface area contributed by atoms with Crippen LogP contribution in [-0.2, 0) is 6.61 Å². The highest BCUT2D eigenvalue weighted by Crippen LogP contribution is 2.37. The lowest BCUT2D eigenvalue weighted by atomic mass is 9.88. The molecule has 5 rings (SSSR count). The number of methoxy groups -OCH3 is 1. The summed E-state index contributed by atoms with van der Waals surface area (Å²) in [7, 11) is 1.53. The van der Waals surface area contributed by atoms with Crippen molar-refractivity contribution >= 4 is 38.7 Å². The molecule has 1 fully saturated rings. The number of halogens is 1. The van der Waals surface area contributed by atoms with Crippen molar-refractivity contribution in [3.63, 3.8) is 0 Å². The molecule has 0 radical (unpaired) electrons. The summed E-state index contributed by atoms with van der Waals surface area (Å²) >= 11 is 3.54. The molecule has 1 aliphatic rings. The Hall–Kier alpha value is -4.05. The second-order valence-corrected chi connectivity index (χ2v) is 10.3. The van der Waals surface area contributed by atoms with Crippen molar-refractivity contribution in [1.82, 2.24) is 9.66 Å². The monoisotopic (exact) mass is 590 g/mol. The van der Waals surface area contributed by atoms with E-state index in [1.54, 1.807) is 30.5 Å². The van der Waals surface area contributed by atoms with E-state index in [1.807, 2.05) is 24.3 Å². The highest BCUT2D eigenvalue weighted by atomic mass is 79.9. The number of rotatable bonds is 8. The molecule has 0 spiro atoms. The summed E-state index contributed by atoms with van der Waals surface area (Å²) in [6.07, 6.45) is 6.99. The van der Waals surface area contributed by atoms with Crippen molar-refractivity contribution in [2.45, 2.75) is 44.6 Å². The SMILES string of the molecule is COc1cc(C=Nn2c(C3CCCCC3)nc3ccccc3c2=O)cc(Br)c1OCc1cccc([N+](=O)[O-])c1. The van der Waals surface area contributed by atoms with Crippen LogP contribution in [0.25, 0.3) is 10.9 Å². The molecule has 1 saturated carbocycles. The van der Waals surface area contributed by atoms with Crippen LogP contribution in [0.1, 0.15) is 55.0 Å². The number of hydrogen-bond acceptors (Lipinski definition) is 7. The predicted molar refractivity (Wildman–Crippen MR) is 153 cm³/mol. The van der Waals surface area contributed by atoms with E-state index in [-0.39, 0.29) is 23.8 Å². The Morgan fingerprint density at radius 2 is 1.92 bits per heavy atom. The molecule has 39 heavy (non-hydrogen) atoms. The number of benzene rings is 3. The van der Waals surface area contributed by atoms with Gasteiger partial charge in [-0.1, -0.05) is 43.5 Å². The van der Waals surface area contributed by atoms with Gasteiger partial charge in [0.15, 0.2) is 11.5 Å². The zero-order chi connectivity index (χ0) is 27.4. The van der Waals surface area contributed by atoms with Gasteiger partial charge in [0.05, 0.1) is 33.6 Å². The topological polar surface area (TPSA) is 109 Å². The summed E-state index contributed by atoms with van der Waals surface area (Å²) in [4.78, 5) is 29.0. The van der Waals surface area contributed by atoms with Crippen molar-refractivity contribution < 1.29 is 14.4 Å². The lowest BCUT2D eigenvalue weighted by Crippen LogP contribution is -2.25. The minimum absolute atomic E-state index is 0.000270. The van der Waals surface area contributed by atoms with E-state index in [0.29, 0.717) is 43.8 Å². The van der Waals surface area contributed by atoms with Crippen LogP contribution in [0.15, 0.2) is 75.0 Å². The van der Waals surface area contributed by atoms with Crippen LogP contribution in [0, 0.1) is 10.1 Å². The maximum absolute atomic E-state index is 13.5. The van der Waals surface area contributed by atoms with E-state index >= 15 is 0 Å². The molecule has 3 aromatic carbocycles. The van der Waals surface area contributed by atoms with E-state index in [2.05, 4.69) is 21.0 Å². The Morgan fingerprint density at radius 3 is 2.69 bits per heavy atom. The van der Waals surface area contributed by atoms with Crippen LogP contribution in [0.2, 0.25) is 0 Å². The number of hydrogen-bond donors (Lipinski definition) is 0. The number of nitrogens with zero attached hydrogens (tertiary/aromatic N) is 4. The number of para-hydroxylation sites is 1. The molecule has 1 aliphatic carbocycles. The van der Waals surface area contributed by atoms with Crippen LogP contribution in [0.4, 0.5) is 5.69 Å². The number of ether oxygens (including phenoxy) is 2. The van der Waals surface area contributed by atoms with Crippen molar-refractivity contribution in [3.05, 3.63) is 103 Å². The minimum Gasteiger partial charge on any atom is -0.493 e. The Bertz CT molecular complexity index is 1610. The second kappa shape index (κ2) is 11.8. The normalized spacial score (nSPS) is 14.1. The zero-order valence-electron chi connectivity index (χ0n) is 21.4. The fourth-order valence-electron chi connectivity index (χ4n) is 4.87. The van der Waals surface area contributed by atoms with Crippen LogP contribution in [0.5, 0.6) is 11.5 Å². The quantitative estimate of drug-likeness (QED) is 0.130. The van der Waals surface area contributed by atoms with Gasteiger partial charge in [0, 0.05) is 18.1 Å². The molecule has 0 unspecified atom stereocenters. The fourth-order valence-corrected chi connectivity index (χ4v) is 5.45. The largest absolute Gasteiger partial charge is 0.493 e. The van der Waals surface area contributed by atoms with Crippen LogP contribution < -0.4 is 15.0 Å². The zero-order valence-corrected chi connectivity index (χ0v) is 23.0. The molecule has 0 bridgehead atoms. The molecular weight excluding hydrogens is 564 g/mol. The molecule has 9 nitrogen and oxygen atoms in total. The highest BCUT2D eigenvalue weighted by molar-refractivity contribution is 9.10. The van der Waals surface area contributed by atoms with Gasteiger partial charge in [0.2, 0.25) is 0 Å². The first kappa shape index (κ1) is 26.6. The number of non-ortho nitro benzene ring substituents is 1. The minimum atomic E-state index is -0.440. The van der Waals surface area contributed by atoms with Gasteiger partial charge in [-0.3, -0.25) is 14.9 Å². The molecule has 200 valence electrons. The van der Waals surface area contributed by atoms with Crippen molar-refractivity contribution in [1.29, 1.82) is 0 Å². The standard InChI is InChI=1S/C29H27BrN4O5/c1-38-26-16-20(15-24(30)27(26)39-18-19-8-7-11-22(14-19)34(36)37)17-31-33-28(21-9-3-2-4-10-21)32-25-13-6-5-12-23(25)29(33)35/h5-8,11-17,21H,2-4,9-10,18H2,1H3. The summed E-state index contributed by atoms with van der Waals surface area (Å²) in [5, 5.41) is 16.2. The maximum Gasteiger partial charge on any atom is 0.282 e. The van der Waals surface area contributed by atoms with Crippen molar-refractivity contribution in [2.75, 3.05) is 7.11 Å². The number of nitro benzene ring substituents is 1. The molecule has 1 aromatic heterocycles. The molecule has 4 aromatic rings. The summed E-state index contributed by atoms with van der Waals surface area (Å²) in [6, 6.07) is 17.2. The summed E-state index contributed by atoms with van der Waals surface area (Å²) in [5.41, 5.74) is 1.84. The molecule has 0 saturated heterocycles. The fraction of sp³-hybridized carbons (Fsp3) is 0.276. The molecule has 0 amide bonds. The predicted octanol–water partition coefficient (Wildman–Crippen LogP) is 6.58. The number of aromatic nitrogens is 2. The summed E-state index contributed by atoms with van der Waals surface area (Å²) < 4.78 is 13.6. The first-order valence-electron chi connectivity index (χ1n) is 12.7.